The van der Waals surface area contributed by atoms with E-state index in [4.69, 9.17) is 16.7 Å². The Morgan fingerprint density at radius 1 is 0.917 bits per heavy atom. The number of aliphatic carboxylic acids is 1. The molecule has 6 nitrogen and oxygen atoms in total. The summed E-state index contributed by atoms with van der Waals surface area (Å²) >= 11 is 5.70. The van der Waals surface area contributed by atoms with Crippen molar-refractivity contribution in [2.75, 3.05) is 0 Å². The van der Waals surface area contributed by atoms with Gasteiger partial charge in [0, 0.05) is 5.02 Å². The van der Waals surface area contributed by atoms with Gasteiger partial charge in [-0.2, -0.15) is 0 Å². The van der Waals surface area contributed by atoms with Crippen molar-refractivity contribution in [1.82, 2.24) is 4.72 Å². The highest BCUT2D eigenvalue weighted by atomic mass is 35.5. The summed E-state index contributed by atoms with van der Waals surface area (Å²) in [7, 11) is -3.96. The molecular formula is C16H14ClNO5S. The van der Waals surface area contributed by atoms with Crippen LogP contribution in [0.15, 0.2) is 53.4 Å². The molecule has 0 aromatic heterocycles. The largest absolute Gasteiger partial charge is 0.481 e. The second-order valence-corrected chi connectivity index (χ2v) is 7.17. The number of halogens is 1. The standard InChI is InChI=1S/C16H14ClNO5S/c17-13-5-7-14(8-6-13)24(22,23)18-15(19)9-11-1-3-12(4-2-11)10-16(20)21/h1-8H,9-10H2,(H,18,19)(H,20,21). The summed E-state index contributed by atoms with van der Waals surface area (Å²) in [6, 6.07) is 11.8. The normalized spacial score (nSPS) is 11.0. The van der Waals surface area contributed by atoms with Crippen LogP contribution in [0.25, 0.3) is 0 Å². The minimum atomic E-state index is -3.96. The van der Waals surface area contributed by atoms with Gasteiger partial charge in [-0.05, 0) is 35.4 Å². The van der Waals surface area contributed by atoms with E-state index in [1.165, 1.54) is 24.3 Å². The van der Waals surface area contributed by atoms with E-state index < -0.39 is 21.9 Å². The zero-order valence-corrected chi connectivity index (χ0v) is 14.0. The van der Waals surface area contributed by atoms with Crippen LogP contribution in [0.1, 0.15) is 11.1 Å². The van der Waals surface area contributed by atoms with Crippen LogP contribution in [0.4, 0.5) is 0 Å². The first kappa shape index (κ1) is 18.0. The second-order valence-electron chi connectivity index (χ2n) is 5.05. The Morgan fingerprint density at radius 3 is 1.92 bits per heavy atom. The average Bonchev–Trinajstić information content (AvgIpc) is 2.48. The number of carbonyl (C=O) groups excluding carboxylic acids is 1. The van der Waals surface area contributed by atoms with Gasteiger partial charge >= 0.3 is 5.97 Å². The Kier molecular flexibility index (Phi) is 5.58. The predicted molar refractivity (Wildman–Crippen MR) is 88.3 cm³/mol. The van der Waals surface area contributed by atoms with E-state index in [0.717, 1.165) is 0 Å². The zero-order chi connectivity index (χ0) is 17.7. The van der Waals surface area contributed by atoms with Crippen LogP contribution < -0.4 is 4.72 Å². The molecule has 2 aromatic carbocycles. The number of hydrogen-bond donors (Lipinski definition) is 2. The van der Waals surface area contributed by atoms with Crippen LogP contribution in [0, 0.1) is 0 Å². The average molecular weight is 368 g/mol. The Morgan fingerprint density at radius 2 is 1.42 bits per heavy atom. The number of hydrogen-bond acceptors (Lipinski definition) is 4. The first-order valence-corrected chi connectivity index (χ1v) is 8.73. The monoisotopic (exact) mass is 367 g/mol. The fraction of sp³-hybridized carbons (Fsp3) is 0.125. The van der Waals surface area contributed by atoms with Crippen LogP contribution in [-0.2, 0) is 32.5 Å². The SMILES string of the molecule is O=C(O)Cc1ccc(CC(=O)NS(=O)(=O)c2ccc(Cl)cc2)cc1. The quantitative estimate of drug-likeness (QED) is 0.813. The summed E-state index contributed by atoms with van der Waals surface area (Å²) in [6.07, 6.45) is -0.252. The molecule has 2 aromatic rings. The lowest BCUT2D eigenvalue weighted by atomic mass is 10.1. The summed E-state index contributed by atoms with van der Waals surface area (Å²) in [5.74, 6) is -1.63. The lowest BCUT2D eigenvalue weighted by molar-refractivity contribution is -0.136. The van der Waals surface area contributed by atoms with Gasteiger partial charge in [-0.25, -0.2) is 13.1 Å². The number of carboxylic acids is 1. The Balaban J connectivity index is 2.02. The van der Waals surface area contributed by atoms with Crippen LogP contribution in [0.3, 0.4) is 0 Å². The molecular weight excluding hydrogens is 354 g/mol. The highest BCUT2D eigenvalue weighted by Gasteiger charge is 2.17. The molecule has 24 heavy (non-hydrogen) atoms. The molecule has 0 spiro atoms. The van der Waals surface area contributed by atoms with Gasteiger partial charge in [0.25, 0.3) is 10.0 Å². The number of sulfonamides is 1. The first-order chi connectivity index (χ1) is 11.3. The van der Waals surface area contributed by atoms with Gasteiger partial charge in [0.05, 0.1) is 17.7 Å². The molecule has 0 aliphatic heterocycles. The molecule has 2 rings (SSSR count). The third kappa shape index (κ3) is 5.07. The lowest BCUT2D eigenvalue weighted by Crippen LogP contribution is -2.31. The maximum absolute atomic E-state index is 12.1. The lowest BCUT2D eigenvalue weighted by Gasteiger charge is -2.07. The van der Waals surface area contributed by atoms with Gasteiger partial charge in [0.1, 0.15) is 0 Å². The van der Waals surface area contributed by atoms with Crippen molar-refractivity contribution in [2.45, 2.75) is 17.7 Å². The van der Waals surface area contributed by atoms with Gasteiger partial charge in [0.2, 0.25) is 5.91 Å². The van der Waals surface area contributed by atoms with Crippen LogP contribution in [-0.4, -0.2) is 25.4 Å². The van der Waals surface area contributed by atoms with E-state index in [1.807, 2.05) is 4.72 Å². The molecule has 0 heterocycles. The van der Waals surface area contributed by atoms with Gasteiger partial charge in [-0.15, -0.1) is 0 Å². The number of carboxylic acid groups (broad SMARTS) is 1. The molecule has 0 saturated carbocycles. The van der Waals surface area contributed by atoms with E-state index in [2.05, 4.69) is 0 Å². The molecule has 0 fully saturated rings. The Labute approximate surface area is 144 Å². The third-order valence-corrected chi connectivity index (χ3v) is 4.76. The molecule has 0 aliphatic rings. The van der Waals surface area contributed by atoms with Crippen molar-refractivity contribution in [2.24, 2.45) is 0 Å². The van der Waals surface area contributed by atoms with Crippen LogP contribution in [0.5, 0.6) is 0 Å². The van der Waals surface area contributed by atoms with Gasteiger partial charge < -0.3 is 5.11 Å². The summed E-state index contributed by atoms with van der Waals surface area (Å²) < 4.78 is 26.1. The first-order valence-electron chi connectivity index (χ1n) is 6.87. The minimum Gasteiger partial charge on any atom is -0.481 e. The highest BCUT2D eigenvalue weighted by Crippen LogP contribution is 2.14. The third-order valence-electron chi connectivity index (χ3n) is 3.12. The van der Waals surface area contributed by atoms with Gasteiger partial charge in [0.15, 0.2) is 0 Å². The summed E-state index contributed by atoms with van der Waals surface area (Å²) in [4.78, 5) is 22.5. The maximum Gasteiger partial charge on any atom is 0.307 e. The zero-order valence-electron chi connectivity index (χ0n) is 12.4. The summed E-state index contributed by atoms with van der Waals surface area (Å²) in [5, 5.41) is 9.09. The second kappa shape index (κ2) is 7.46. The van der Waals surface area contributed by atoms with Crippen molar-refractivity contribution in [3.05, 3.63) is 64.7 Å². The van der Waals surface area contributed by atoms with Crippen LogP contribution in [0.2, 0.25) is 5.02 Å². The van der Waals surface area contributed by atoms with Crippen molar-refractivity contribution < 1.29 is 23.1 Å². The molecule has 0 bridgehead atoms. The van der Waals surface area contributed by atoms with E-state index in [9.17, 15) is 18.0 Å². The number of benzene rings is 2. The number of amides is 1. The Hall–Kier alpha value is -2.38. The number of nitrogens with one attached hydrogen (secondary N) is 1. The molecule has 2 N–H and O–H groups in total. The maximum atomic E-state index is 12.1. The highest BCUT2D eigenvalue weighted by molar-refractivity contribution is 7.90. The minimum absolute atomic E-state index is 0.0583. The molecule has 0 saturated heterocycles. The van der Waals surface area contributed by atoms with Crippen molar-refractivity contribution in [3.8, 4) is 0 Å². The van der Waals surface area contributed by atoms with E-state index in [1.54, 1.807) is 24.3 Å². The van der Waals surface area contributed by atoms with E-state index >= 15 is 0 Å². The smallest absolute Gasteiger partial charge is 0.307 e. The van der Waals surface area contributed by atoms with Crippen LogP contribution >= 0.6 is 11.6 Å². The molecule has 0 aliphatic carbocycles. The molecule has 126 valence electrons. The Bertz CT molecular complexity index is 845. The fourth-order valence-corrected chi connectivity index (χ4v) is 3.10. The van der Waals surface area contributed by atoms with Crippen molar-refractivity contribution in [1.29, 1.82) is 0 Å². The number of carbonyl (C=O) groups is 2. The predicted octanol–water partition coefficient (Wildman–Crippen LogP) is 2.01. The fourth-order valence-electron chi connectivity index (χ4n) is 1.99. The molecule has 8 heteroatoms. The van der Waals surface area contributed by atoms with Gasteiger partial charge in [-0.3, -0.25) is 9.59 Å². The molecule has 0 unspecified atom stereocenters. The van der Waals surface area contributed by atoms with E-state index in [-0.39, 0.29) is 17.7 Å². The summed E-state index contributed by atoms with van der Waals surface area (Å²) in [5.41, 5.74) is 1.17. The molecule has 1 amide bonds. The topological polar surface area (TPSA) is 101 Å². The van der Waals surface area contributed by atoms with Gasteiger partial charge in [-0.1, -0.05) is 35.9 Å². The van der Waals surface area contributed by atoms with Crippen molar-refractivity contribution in [3.63, 3.8) is 0 Å². The molecule has 0 atom stereocenters. The number of rotatable bonds is 6. The van der Waals surface area contributed by atoms with E-state index in [0.29, 0.717) is 16.1 Å². The summed E-state index contributed by atoms with van der Waals surface area (Å²) in [6.45, 7) is 0. The molecule has 0 radical (unpaired) electrons. The van der Waals surface area contributed by atoms with Crippen molar-refractivity contribution >= 4 is 33.5 Å².